The lowest BCUT2D eigenvalue weighted by Crippen LogP contribution is -2.48. The van der Waals surface area contributed by atoms with Crippen LogP contribution in [0.25, 0.3) is 10.6 Å². The lowest BCUT2D eigenvalue weighted by atomic mass is 9.91. The van der Waals surface area contributed by atoms with Gasteiger partial charge in [-0.3, -0.25) is 0 Å². The van der Waals surface area contributed by atoms with Crippen LogP contribution in [-0.2, 0) is 6.61 Å². The Hall–Kier alpha value is -0.850. The molecule has 7 heteroatoms. The third kappa shape index (κ3) is 3.49. The highest BCUT2D eigenvalue weighted by molar-refractivity contribution is 7.19. The first kappa shape index (κ1) is 17.0. The molecule has 0 radical (unpaired) electrons. The summed E-state index contributed by atoms with van der Waals surface area (Å²) in [5.74, 6) is 0. The normalized spacial score (nSPS) is 17.5. The zero-order valence-electron chi connectivity index (χ0n) is 12.9. The molecular formula is C16H19Cl2N3OS. The van der Waals surface area contributed by atoms with Gasteiger partial charge in [-0.05, 0) is 25.8 Å². The molecule has 0 bridgehead atoms. The first-order valence-corrected chi connectivity index (χ1v) is 9.07. The van der Waals surface area contributed by atoms with E-state index in [9.17, 15) is 5.11 Å². The van der Waals surface area contributed by atoms with Crippen molar-refractivity contribution in [1.82, 2.24) is 4.98 Å². The van der Waals surface area contributed by atoms with Crippen LogP contribution in [-0.4, -0.2) is 28.7 Å². The lowest BCUT2D eigenvalue weighted by Gasteiger charge is -2.37. The first-order chi connectivity index (χ1) is 10.9. The predicted molar refractivity (Wildman–Crippen MR) is 97.5 cm³/mol. The van der Waals surface area contributed by atoms with Crippen LogP contribution in [0.2, 0.25) is 10.0 Å². The molecule has 0 spiro atoms. The molecule has 1 fully saturated rings. The van der Waals surface area contributed by atoms with Crippen molar-refractivity contribution >= 4 is 39.5 Å². The van der Waals surface area contributed by atoms with Crippen molar-refractivity contribution in [1.29, 1.82) is 0 Å². The molecule has 1 aliphatic rings. The molecular weight excluding hydrogens is 353 g/mol. The number of anilines is 1. The number of rotatable bonds is 3. The number of benzene rings is 1. The maximum atomic E-state index is 9.67. The van der Waals surface area contributed by atoms with Gasteiger partial charge in [0.05, 0.1) is 16.7 Å². The molecule has 1 aliphatic heterocycles. The van der Waals surface area contributed by atoms with E-state index in [0.717, 1.165) is 41.5 Å². The molecule has 124 valence electrons. The zero-order chi connectivity index (χ0) is 16.6. The Morgan fingerprint density at radius 1 is 1.35 bits per heavy atom. The molecule has 4 nitrogen and oxygen atoms in total. The van der Waals surface area contributed by atoms with Gasteiger partial charge in [0.1, 0.15) is 15.7 Å². The topological polar surface area (TPSA) is 62.4 Å². The zero-order valence-corrected chi connectivity index (χ0v) is 15.2. The molecule has 0 atom stereocenters. The summed E-state index contributed by atoms with van der Waals surface area (Å²) in [6.45, 7) is 3.72. The molecule has 0 aliphatic carbocycles. The summed E-state index contributed by atoms with van der Waals surface area (Å²) in [7, 11) is 0. The van der Waals surface area contributed by atoms with Gasteiger partial charge in [-0.15, -0.1) is 0 Å². The number of nitrogens with zero attached hydrogens (tertiary/aromatic N) is 2. The minimum Gasteiger partial charge on any atom is -0.390 e. The van der Waals surface area contributed by atoms with Crippen LogP contribution in [0.1, 0.15) is 25.5 Å². The second-order valence-corrected chi connectivity index (χ2v) is 7.93. The van der Waals surface area contributed by atoms with E-state index >= 15 is 0 Å². The molecule has 0 amide bonds. The predicted octanol–water partition coefficient (Wildman–Crippen LogP) is 3.93. The summed E-state index contributed by atoms with van der Waals surface area (Å²) >= 11 is 13.9. The van der Waals surface area contributed by atoms with E-state index in [-0.39, 0.29) is 12.1 Å². The van der Waals surface area contributed by atoms with Crippen LogP contribution < -0.4 is 10.6 Å². The van der Waals surface area contributed by atoms with Gasteiger partial charge in [0.15, 0.2) is 0 Å². The minimum absolute atomic E-state index is 0.0968. The molecule has 23 heavy (non-hydrogen) atoms. The van der Waals surface area contributed by atoms with Crippen molar-refractivity contribution in [2.75, 3.05) is 18.0 Å². The Kier molecular flexibility index (Phi) is 4.85. The van der Waals surface area contributed by atoms with Crippen molar-refractivity contribution in [2.24, 2.45) is 5.73 Å². The largest absolute Gasteiger partial charge is 0.390 e. The summed E-state index contributed by atoms with van der Waals surface area (Å²) in [4.78, 5) is 6.81. The number of aliphatic hydroxyl groups excluding tert-OH is 1. The Balaban J connectivity index is 1.94. The maximum absolute atomic E-state index is 9.67. The van der Waals surface area contributed by atoms with Crippen LogP contribution >= 0.6 is 34.5 Å². The summed E-state index contributed by atoms with van der Waals surface area (Å²) in [5, 5.41) is 12.4. The van der Waals surface area contributed by atoms with E-state index < -0.39 is 0 Å². The summed E-state index contributed by atoms with van der Waals surface area (Å²) < 4.78 is 0. The van der Waals surface area contributed by atoms with Crippen LogP contribution in [0.4, 0.5) is 5.00 Å². The number of hydrogen-bond donors (Lipinski definition) is 2. The Bertz CT molecular complexity index is 707. The minimum atomic E-state index is -0.111. The average Bonchev–Trinajstić information content (AvgIpc) is 2.94. The summed E-state index contributed by atoms with van der Waals surface area (Å²) in [6, 6.07) is 5.50. The number of nitrogens with two attached hydrogens (primary N) is 1. The lowest BCUT2D eigenvalue weighted by molar-refractivity contribution is 0.277. The Morgan fingerprint density at radius 3 is 2.70 bits per heavy atom. The number of piperidine rings is 1. The van der Waals surface area contributed by atoms with Crippen LogP contribution in [0, 0.1) is 0 Å². The van der Waals surface area contributed by atoms with Gasteiger partial charge < -0.3 is 15.7 Å². The average molecular weight is 372 g/mol. The van der Waals surface area contributed by atoms with Crippen LogP contribution in [0.3, 0.4) is 0 Å². The van der Waals surface area contributed by atoms with E-state index in [0.29, 0.717) is 15.7 Å². The molecule has 1 aromatic carbocycles. The molecule has 0 saturated carbocycles. The van der Waals surface area contributed by atoms with Gasteiger partial charge in [-0.2, -0.15) is 0 Å². The second-order valence-electron chi connectivity index (χ2n) is 6.17. The number of aromatic nitrogens is 1. The molecule has 1 aromatic heterocycles. The molecule has 3 N–H and O–H groups in total. The van der Waals surface area contributed by atoms with Crippen molar-refractivity contribution in [3.8, 4) is 10.6 Å². The SMILES string of the molecule is CC1(N)CCN(c2sc(-c3cccc(Cl)c3Cl)nc2CO)CC1. The van der Waals surface area contributed by atoms with E-state index in [4.69, 9.17) is 28.9 Å². The standard InChI is InChI=1S/C16H19Cl2N3OS/c1-16(19)5-7-21(8-6-16)15-12(9-22)20-14(23-15)10-3-2-4-11(17)13(10)18/h2-4,22H,5-9,19H2,1H3. The highest BCUT2D eigenvalue weighted by Crippen LogP contribution is 2.41. The third-order valence-corrected chi connectivity index (χ3v) is 6.21. The van der Waals surface area contributed by atoms with Gasteiger partial charge in [0, 0.05) is 24.2 Å². The highest BCUT2D eigenvalue weighted by Gasteiger charge is 2.28. The maximum Gasteiger partial charge on any atom is 0.127 e. The molecule has 2 heterocycles. The second kappa shape index (κ2) is 6.57. The van der Waals surface area contributed by atoms with Crippen LogP contribution in [0.15, 0.2) is 18.2 Å². The number of halogens is 2. The fourth-order valence-corrected chi connectivity index (χ4v) is 4.30. The van der Waals surface area contributed by atoms with Crippen molar-refractivity contribution in [2.45, 2.75) is 31.9 Å². The number of thiazole rings is 1. The van der Waals surface area contributed by atoms with Gasteiger partial charge in [0.2, 0.25) is 0 Å². The van der Waals surface area contributed by atoms with Gasteiger partial charge in [-0.1, -0.05) is 46.7 Å². The molecule has 3 rings (SSSR count). The highest BCUT2D eigenvalue weighted by atomic mass is 35.5. The smallest absolute Gasteiger partial charge is 0.127 e. The first-order valence-electron chi connectivity index (χ1n) is 7.50. The fraction of sp³-hybridized carbons (Fsp3) is 0.438. The molecule has 2 aromatic rings. The van der Waals surface area contributed by atoms with Crippen molar-refractivity contribution in [3.63, 3.8) is 0 Å². The van der Waals surface area contributed by atoms with Crippen molar-refractivity contribution in [3.05, 3.63) is 33.9 Å². The van der Waals surface area contributed by atoms with E-state index in [1.165, 1.54) is 11.3 Å². The van der Waals surface area contributed by atoms with Gasteiger partial charge in [-0.25, -0.2) is 4.98 Å². The fourth-order valence-electron chi connectivity index (χ4n) is 2.70. The van der Waals surface area contributed by atoms with E-state index in [2.05, 4.69) is 16.8 Å². The Morgan fingerprint density at radius 2 is 2.04 bits per heavy atom. The monoisotopic (exact) mass is 371 g/mol. The van der Waals surface area contributed by atoms with Crippen LogP contribution in [0.5, 0.6) is 0 Å². The molecule has 0 unspecified atom stereocenters. The quantitative estimate of drug-likeness (QED) is 0.857. The third-order valence-electron chi connectivity index (χ3n) is 4.20. The van der Waals surface area contributed by atoms with Crippen molar-refractivity contribution < 1.29 is 5.11 Å². The number of hydrogen-bond acceptors (Lipinski definition) is 5. The molecule has 1 saturated heterocycles. The number of aliphatic hydroxyl groups is 1. The Labute approximate surface area is 149 Å². The van der Waals surface area contributed by atoms with E-state index in [1.807, 2.05) is 12.1 Å². The van der Waals surface area contributed by atoms with Gasteiger partial charge >= 0.3 is 0 Å². The summed E-state index contributed by atoms with van der Waals surface area (Å²) in [5.41, 5.74) is 7.57. The summed E-state index contributed by atoms with van der Waals surface area (Å²) in [6.07, 6.45) is 1.84. The van der Waals surface area contributed by atoms with Gasteiger partial charge in [0.25, 0.3) is 0 Å². The van der Waals surface area contributed by atoms with E-state index in [1.54, 1.807) is 6.07 Å².